The molecule has 4 rings (SSSR count). The Kier molecular flexibility index (Phi) is 7.65. The van der Waals surface area contributed by atoms with Crippen LogP contribution in [0, 0.1) is 0 Å². The number of carbonyl (C=O) groups is 1. The van der Waals surface area contributed by atoms with Crippen molar-refractivity contribution in [1.82, 2.24) is 10.4 Å². The van der Waals surface area contributed by atoms with E-state index in [1.165, 1.54) is 11.8 Å². The van der Waals surface area contributed by atoms with E-state index in [1.54, 1.807) is 29.7 Å². The number of hydrogen-bond donors (Lipinski definition) is 1. The number of aromatic nitrogens is 1. The van der Waals surface area contributed by atoms with E-state index < -0.39 is 0 Å². The van der Waals surface area contributed by atoms with Gasteiger partial charge in [0.05, 0.1) is 32.2 Å². The van der Waals surface area contributed by atoms with E-state index in [1.807, 2.05) is 54.6 Å². The van der Waals surface area contributed by atoms with E-state index in [9.17, 15) is 4.79 Å². The Bertz CT molecular complexity index is 1230. The highest BCUT2D eigenvalue weighted by Crippen LogP contribution is 2.29. The lowest BCUT2D eigenvalue weighted by Gasteiger charge is -2.07. The lowest BCUT2D eigenvalue weighted by molar-refractivity contribution is -0.118. The van der Waals surface area contributed by atoms with Gasteiger partial charge in [-0.15, -0.1) is 11.3 Å². The molecule has 0 unspecified atom stereocenters. The number of hydrogen-bond acceptors (Lipinski definition) is 6. The third-order valence-electron chi connectivity index (χ3n) is 4.27. The largest absolute Gasteiger partial charge is 0.489 e. The van der Waals surface area contributed by atoms with Crippen LogP contribution in [0.2, 0.25) is 10.0 Å². The van der Waals surface area contributed by atoms with E-state index in [-0.39, 0.29) is 11.7 Å². The molecule has 0 aliphatic heterocycles. The van der Waals surface area contributed by atoms with Gasteiger partial charge in [0.2, 0.25) is 0 Å². The zero-order valence-corrected chi connectivity index (χ0v) is 19.8. The van der Waals surface area contributed by atoms with Gasteiger partial charge < -0.3 is 4.74 Å². The van der Waals surface area contributed by atoms with E-state index in [0.29, 0.717) is 22.4 Å². The van der Waals surface area contributed by atoms with Gasteiger partial charge >= 0.3 is 0 Å². The Balaban J connectivity index is 1.22. The van der Waals surface area contributed by atoms with Gasteiger partial charge in [-0.2, -0.15) is 5.10 Å². The molecule has 0 atom stereocenters. The van der Waals surface area contributed by atoms with Crippen molar-refractivity contribution in [3.05, 3.63) is 87.9 Å². The van der Waals surface area contributed by atoms with Gasteiger partial charge in [0.1, 0.15) is 12.4 Å². The number of nitrogens with one attached hydrogen (secondary N) is 1. The van der Waals surface area contributed by atoms with Crippen molar-refractivity contribution in [3.8, 4) is 5.75 Å². The second-order valence-electron chi connectivity index (χ2n) is 6.64. The summed E-state index contributed by atoms with van der Waals surface area (Å²) in [4.78, 5) is 16.5. The molecule has 9 heteroatoms. The van der Waals surface area contributed by atoms with Crippen LogP contribution < -0.4 is 10.2 Å². The SMILES string of the molecule is O=C(CSc1nc2ccccc2s1)N/N=C\c1ccc(OCc2ccc(Cl)c(Cl)c2)cc1. The van der Waals surface area contributed by atoms with E-state index in [0.717, 1.165) is 25.7 Å². The summed E-state index contributed by atoms with van der Waals surface area (Å²) in [5, 5.41) is 5.03. The van der Waals surface area contributed by atoms with E-state index >= 15 is 0 Å². The molecule has 0 saturated heterocycles. The first-order valence-electron chi connectivity index (χ1n) is 9.54. The fourth-order valence-electron chi connectivity index (χ4n) is 2.70. The summed E-state index contributed by atoms with van der Waals surface area (Å²) < 4.78 is 7.73. The number of benzene rings is 3. The maximum Gasteiger partial charge on any atom is 0.250 e. The number of amides is 1. The minimum atomic E-state index is -0.188. The molecule has 0 bridgehead atoms. The summed E-state index contributed by atoms with van der Waals surface area (Å²) in [7, 11) is 0. The number of halogens is 2. The highest BCUT2D eigenvalue weighted by Gasteiger charge is 2.07. The summed E-state index contributed by atoms with van der Waals surface area (Å²) >= 11 is 14.9. The molecule has 0 fully saturated rings. The summed E-state index contributed by atoms with van der Waals surface area (Å²) in [5.41, 5.74) is 5.25. The molecule has 0 aliphatic carbocycles. The Hall–Kier alpha value is -2.58. The van der Waals surface area contributed by atoms with Crippen LogP contribution >= 0.6 is 46.3 Å². The fourth-order valence-corrected chi connectivity index (χ4v) is 4.88. The monoisotopic (exact) mass is 501 g/mol. The van der Waals surface area contributed by atoms with Crippen LogP contribution in [0.4, 0.5) is 0 Å². The Morgan fingerprint density at radius 2 is 1.91 bits per heavy atom. The maximum atomic E-state index is 12.0. The summed E-state index contributed by atoms with van der Waals surface area (Å²) in [6.45, 7) is 0.382. The average Bonchev–Trinajstić information content (AvgIpc) is 3.22. The summed E-state index contributed by atoms with van der Waals surface area (Å²) in [6.07, 6.45) is 1.59. The van der Waals surface area contributed by atoms with E-state index in [2.05, 4.69) is 15.5 Å². The molecule has 0 spiro atoms. The third-order valence-corrected chi connectivity index (χ3v) is 7.19. The van der Waals surface area contributed by atoms with Crippen molar-refractivity contribution < 1.29 is 9.53 Å². The summed E-state index contributed by atoms with van der Waals surface area (Å²) in [5.74, 6) is 0.773. The van der Waals surface area contributed by atoms with Crippen LogP contribution in [0.25, 0.3) is 10.2 Å². The van der Waals surface area contributed by atoms with E-state index in [4.69, 9.17) is 27.9 Å². The number of carbonyl (C=O) groups excluding carboxylic acids is 1. The molecular formula is C23H17Cl2N3O2S2. The molecule has 32 heavy (non-hydrogen) atoms. The van der Waals surface area contributed by atoms with Gasteiger partial charge in [-0.1, -0.05) is 53.2 Å². The first kappa shape index (κ1) is 22.6. The molecule has 4 aromatic rings. The molecule has 1 N–H and O–H groups in total. The number of hydrazone groups is 1. The molecule has 0 saturated carbocycles. The Labute approximate surface area is 203 Å². The first-order valence-corrected chi connectivity index (χ1v) is 12.1. The average molecular weight is 502 g/mol. The van der Waals surface area contributed by atoms with Crippen molar-refractivity contribution in [3.63, 3.8) is 0 Å². The second-order valence-corrected chi connectivity index (χ2v) is 9.70. The summed E-state index contributed by atoms with van der Waals surface area (Å²) in [6, 6.07) is 20.7. The number of thiazole rings is 1. The van der Waals surface area contributed by atoms with Crippen molar-refractivity contribution in [2.75, 3.05) is 5.75 Å². The first-order chi connectivity index (χ1) is 15.6. The van der Waals surface area contributed by atoms with Gasteiger partial charge in [0, 0.05) is 0 Å². The molecule has 5 nitrogen and oxygen atoms in total. The van der Waals surface area contributed by atoms with Gasteiger partial charge in [0.15, 0.2) is 4.34 Å². The van der Waals surface area contributed by atoms with Crippen LogP contribution in [0.5, 0.6) is 5.75 Å². The minimum Gasteiger partial charge on any atom is -0.489 e. The Morgan fingerprint density at radius 1 is 1.09 bits per heavy atom. The highest BCUT2D eigenvalue weighted by molar-refractivity contribution is 8.01. The van der Waals surface area contributed by atoms with Crippen molar-refractivity contribution >= 4 is 68.6 Å². The van der Waals surface area contributed by atoms with Gasteiger partial charge in [-0.25, -0.2) is 10.4 Å². The van der Waals surface area contributed by atoms with Gasteiger partial charge in [-0.3, -0.25) is 4.79 Å². The normalized spacial score (nSPS) is 11.2. The van der Waals surface area contributed by atoms with Gasteiger partial charge in [-0.05, 0) is 59.7 Å². The van der Waals surface area contributed by atoms with Gasteiger partial charge in [0.25, 0.3) is 5.91 Å². The maximum absolute atomic E-state index is 12.0. The van der Waals surface area contributed by atoms with Crippen LogP contribution in [0.15, 0.2) is 76.2 Å². The topological polar surface area (TPSA) is 63.6 Å². The highest BCUT2D eigenvalue weighted by atomic mass is 35.5. The molecule has 1 amide bonds. The molecule has 0 radical (unpaired) electrons. The minimum absolute atomic E-state index is 0.188. The number of ether oxygens (including phenoxy) is 1. The van der Waals surface area contributed by atoms with Crippen LogP contribution in [-0.2, 0) is 11.4 Å². The quantitative estimate of drug-likeness (QED) is 0.172. The van der Waals surface area contributed by atoms with Crippen LogP contribution in [0.3, 0.4) is 0 Å². The fraction of sp³-hybridized carbons (Fsp3) is 0.0870. The molecule has 3 aromatic carbocycles. The lowest BCUT2D eigenvalue weighted by atomic mass is 10.2. The standard InChI is InChI=1S/C23H17Cl2N3O2S2/c24-18-10-7-16(11-19(18)25)13-30-17-8-5-15(6-9-17)12-26-28-22(29)14-31-23-27-20-3-1-2-4-21(20)32-23/h1-12H,13-14H2,(H,28,29)/b26-12-. The number of para-hydroxylation sites is 1. The smallest absolute Gasteiger partial charge is 0.250 e. The lowest BCUT2D eigenvalue weighted by Crippen LogP contribution is -2.19. The number of nitrogens with zero attached hydrogens (tertiary/aromatic N) is 2. The van der Waals surface area contributed by atoms with Crippen LogP contribution in [-0.4, -0.2) is 22.9 Å². The van der Waals surface area contributed by atoms with Crippen molar-refractivity contribution in [2.45, 2.75) is 10.9 Å². The molecule has 162 valence electrons. The van der Waals surface area contributed by atoms with Crippen molar-refractivity contribution in [2.24, 2.45) is 5.10 Å². The molecule has 0 aliphatic rings. The number of thioether (sulfide) groups is 1. The Morgan fingerprint density at radius 3 is 2.69 bits per heavy atom. The zero-order valence-electron chi connectivity index (χ0n) is 16.6. The second kappa shape index (κ2) is 10.8. The third kappa shape index (κ3) is 6.23. The van der Waals surface area contributed by atoms with Crippen LogP contribution in [0.1, 0.15) is 11.1 Å². The number of fused-ring (bicyclic) bond motifs is 1. The predicted octanol–water partition coefficient (Wildman–Crippen LogP) is 6.42. The molecular weight excluding hydrogens is 485 g/mol. The zero-order chi connectivity index (χ0) is 22.3. The molecule has 1 aromatic heterocycles. The number of rotatable bonds is 8. The molecule has 1 heterocycles. The predicted molar refractivity (Wildman–Crippen MR) is 133 cm³/mol. The van der Waals surface area contributed by atoms with Crippen molar-refractivity contribution in [1.29, 1.82) is 0 Å².